The van der Waals surface area contributed by atoms with Gasteiger partial charge in [-0.3, -0.25) is 4.79 Å². The van der Waals surface area contributed by atoms with Crippen LogP contribution in [0.5, 0.6) is 0 Å². The van der Waals surface area contributed by atoms with Gasteiger partial charge < -0.3 is 26.8 Å². The second-order valence-electron chi connectivity index (χ2n) is 17.9. The predicted molar refractivity (Wildman–Crippen MR) is 274 cm³/mol. The van der Waals surface area contributed by atoms with E-state index in [1.165, 1.54) is 21.5 Å². The Morgan fingerprint density at radius 1 is 0.265 bits per heavy atom. The van der Waals surface area contributed by atoms with Gasteiger partial charge in [-0.1, -0.05) is 72.8 Å². The topological polar surface area (TPSA) is 79.5 Å². The lowest BCUT2D eigenvalue weighted by molar-refractivity contribution is 0.103. The van der Waals surface area contributed by atoms with Crippen molar-refractivity contribution in [3.63, 3.8) is 0 Å². The summed E-state index contributed by atoms with van der Waals surface area (Å²) in [5, 5.41) is 12.3. The summed E-state index contributed by atoms with van der Waals surface area (Å²) in [5.41, 5.74) is 13.8. The zero-order chi connectivity index (χ0) is 44.4. The number of aromatic nitrogens is 2. The van der Waals surface area contributed by atoms with Crippen molar-refractivity contribution in [3.8, 4) is 11.4 Å². The van der Waals surface area contributed by atoms with Gasteiger partial charge >= 0.3 is 0 Å². The molecule has 7 heteroatoms. The van der Waals surface area contributed by atoms with Crippen LogP contribution in [0, 0.1) is 0 Å². The molecule has 0 aliphatic rings. The van der Waals surface area contributed by atoms with Crippen LogP contribution in [0.15, 0.2) is 212 Å². The molecule has 0 fully saturated rings. The molecule has 6 aromatic heterocycles. The van der Waals surface area contributed by atoms with Gasteiger partial charge in [-0.15, -0.1) is 0 Å². The largest absolute Gasteiger partial charge is 0.456 e. The van der Waals surface area contributed by atoms with Crippen molar-refractivity contribution in [1.29, 1.82) is 0 Å². The van der Waals surface area contributed by atoms with Crippen molar-refractivity contribution in [1.82, 2.24) is 9.13 Å². The van der Waals surface area contributed by atoms with E-state index in [9.17, 15) is 4.79 Å². The summed E-state index contributed by atoms with van der Waals surface area (Å²) >= 11 is 0. The maximum Gasteiger partial charge on any atom is 0.193 e. The van der Waals surface area contributed by atoms with Crippen LogP contribution in [0.25, 0.3) is 143 Å². The number of rotatable bonds is 4. The smallest absolute Gasteiger partial charge is 0.193 e. The van der Waals surface area contributed by atoms with E-state index < -0.39 is 0 Å². The van der Waals surface area contributed by atoms with Crippen LogP contribution >= 0.6 is 0 Å². The van der Waals surface area contributed by atoms with E-state index in [2.05, 4.69) is 143 Å². The highest BCUT2D eigenvalue weighted by Gasteiger charge is 2.21. The number of benzene rings is 10. The minimum Gasteiger partial charge on any atom is -0.456 e. The van der Waals surface area contributed by atoms with E-state index in [1.807, 2.05) is 60.7 Å². The molecule has 0 N–H and O–H groups in total. The molecule has 7 nitrogen and oxygen atoms in total. The summed E-state index contributed by atoms with van der Waals surface area (Å²) in [4.78, 5) is 14.4. The first-order valence-corrected chi connectivity index (χ1v) is 22.7. The van der Waals surface area contributed by atoms with E-state index >= 15 is 0 Å². The van der Waals surface area contributed by atoms with E-state index in [0.717, 1.165) is 110 Å². The molecule has 0 bridgehead atoms. The molecule has 6 heterocycles. The van der Waals surface area contributed by atoms with Crippen LogP contribution < -0.4 is 0 Å². The number of ketones is 1. The van der Waals surface area contributed by atoms with Gasteiger partial charge in [0, 0.05) is 87.1 Å². The highest BCUT2D eigenvalue weighted by molar-refractivity contribution is 6.20. The minimum absolute atomic E-state index is 0.0951. The lowest BCUT2D eigenvalue weighted by Gasteiger charge is -2.07. The first kappa shape index (κ1) is 36.0. The average molecular weight is 873 g/mol. The maximum atomic E-state index is 14.4. The van der Waals surface area contributed by atoms with Gasteiger partial charge in [-0.25, -0.2) is 0 Å². The molecule has 0 unspecified atom stereocenters. The van der Waals surface area contributed by atoms with E-state index in [4.69, 9.17) is 17.7 Å². The maximum absolute atomic E-state index is 14.4. The fourth-order valence-corrected chi connectivity index (χ4v) is 11.2. The summed E-state index contributed by atoms with van der Waals surface area (Å²) in [6, 6.07) is 66.4. The highest BCUT2D eigenvalue weighted by atomic mass is 16.3. The van der Waals surface area contributed by atoms with Gasteiger partial charge in [0.15, 0.2) is 5.78 Å². The van der Waals surface area contributed by atoms with Crippen molar-refractivity contribution >= 4 is 137 Å². The van der Waals surface area contributed by atoms with Crippen molar-refractivity contribution < 1.29 is 22.5 Å². The molecule has 0 spiro atoms. The zero-order valence-corrected chi connectivity index (χ0v) is 35.9. The number of fused-ring (bicyclic) bond motifs is 18. The van der Waals surface area contributed by atoms with Gasteiger partial charge in [0.05, 0.1) is 22.1 Å². The van der Waals surface area contributed by atoms with Crippen LogP contribution in [0.2, 0.25) is 0 Å². The molecule has 0 atom stereocenters. The van der Waals surface area contributed by atoms with Crippen molar-refractivity contribution in [2.45, 2.75) is 0 Å². The van der Waals surface area contributed by atoms with Gasteiger partial charge in [0.25, 0.3) is 0 Å². The van der Waals surface area contributed by atoms with Gasteiger partial charge in [0.1, 0.15) is 44.7 Å². The molecule has 68 heavy (non-hydrogen) atoms. The molecule has 0 saturated carbocycles. The van der Waals surface area contributed by atoms with Gasteiger partial charge in [-0.05, 0) is 121 Å². The van der Waals surface area contributed by atoms with Crippen LogP contribution in [-0.2, 0) is 0 Å². The molecule has 316 valence electrons. The third kappa shape index (κ3) is 4.83. The Bertz CT molecular complexity index is 4480. The molecule has 0 radical (unpaired) electrons. The molecule has 0 amide bonds. The lowest BCUT2D eigenvalue weighted by Crippen LogP contribution is -2.00. The fraction of sp³-hybridized carbons (Fsp3) is 0. The number of furan rings is 4. The van der Waals surface area contributed by atoms with E-state index in [1.54, 1.807) is 0 Å². The van der Waals surface area contributed by atoms with Crippen LogP contribution in [0.3, 0.4) is 0 Å². The van der Waals surface area contributed by atoms with Crippen LogP contribution in [0.1, 0.15) is 15.9 Å². The molecule has 0 aliphatic carbocycles. The summed E-state index contributed by atoms with van der Waals surface area (Å²) in [6.07, 6.45) is 0. The average Bonchev–Trinajstić information content (AvgIpc) is 4.23. The first-order valence-electron chi connectivity index (χ1n) is 22.7. The number of carbonyl (C=O) groups is 1. The molecule has 10 aromatic carbocycles. The third-order valence-electron chi connectivity index (χ3n) is 14.3. The van der Waals surface area contributed by atoms with Crippen molar-refractivity contribution in [2.75, 3.05) is 0 Å². The monoisotopic (exact) mass is 872 g/mol. The van der Waals surface area contributed by atoms with Crippen molar-refractivity contribution in [3.05, 3.63) is 205 Å². The Labute approximate surface area is 383 Å². The Balaban J connectivity index is 0.769. The lowest BCUT2D eigenvalue weighted by atomic mass is 9.99. The standard InChI is InChI=1S/C61H32N2O5/c64-61(33-17-21-53-41(25-33)45-29-59-47(31-57(45)65-53)43-27-35(19-23-55(43)67-59)62-49-13-5-1-9-37(49)38-10-2-6-14-50(38)62)34-18-22-54-42(26-34)46-30-60-48(32-58(46)66-54)44-28-36(20-24-56(44)68-60)63-51-15-7-3-11-39(51)40-12-4-8-16-52(40)63/h1-32H. The van der Waals surface area contributed by atoms with E-state index in [0.29, 0.717) is 22.3 Å². The zero-order valence-electron chi connectivity index (χ0n) is 35.9. The molecule has 16 rings (SSSR count). The molecular formula is C61H32N2O5. The quantitative estimate of drug-likeness (QED) is 0.165. The summed E-state index contributed by atoms with van der Waals surface area (Å²) in [5.74, 6) is -0.0951. The predicted octanol–water partition coefficient (Wildman–Crippen LogP) is 16.7. The number of para-hydroxylation sites is 4. The van der Waals surface area contributed by atoms with Crippen LogP contribution in [-0.4, -0.2) is 14.9 Å². The Morgan fingerprint density at radius 3 is 0.882 bits per heavy atom. The number of nitrogens with zero attached hydrogens (tertiary/aromatic N) is 2. The SMILES string of the molecule is O=C(c1ccc2oc3cc4c(cc3c2c1)oc1ccc(-n2c3ccccc3c3ccccc32)cc14)c1ccc2oc3cc4c(cc3c2c1)oc1ccc(-n2c3ccccc3c3ccccc32)cc14. The molecule has 16 aromatic rings. The second kappa shape index (κ2) is 12.9. The Morgan fingerprint density at radius 2 is 0.544 bits per heavy atom. The molecular weight excluding hydrogens is 841 g/mol. The summed E-state index contributed by atoms with van der Waals surface area (Å²) < 4.78 is 30.6. The normalized spacial score (nSPS) is 12.5. The summed E-state index contributed by atoms with van der Waals surface area (Å²) in [7, 11) is 0. The number of hydrogen-bond donors (Lipinski definition) is 0. The van der Waals surface area contributed by atoms with Crippen molar-refractivity contribution in [2.24, 2.45) is 0 Å². The van der Waals surface area contributed by atoms with Gasteiger partial charge in [-0.2, -0.15) is 0 Å². The van der Waals surface area contributed by atoms with E-state index in [-0.39, 0.29) is 5.78 Å². The summed E-state index contributed by atoms with van der Waals surface area (Å²) in [6.45, 7) is 0. The Kier molecular flexibility index (Phi) is 6.84. The highest BCUT2D eigenvalue weighted by Crippen LogP contribution is 2.42. The number of hydrogen-bond acceptors (Lipinski definition) is 5. The van der Waals surface area contributed by atoms with Gasteiger partial charge in [0.2, 0.25) is 0 Å². The molecule has 0 saturated heterocycles. The Hall–Kier alpha value is -9.33. The van der Waals surface area contributed by atoms with Crippen LogP contribution in [0.4, 0.5) is 0 Å². The second-order valence-corrected chi connectivity index (χ2v) is 17.9. The molecule has 0 aliphatic heterocycles. The first-order chi connectivity index (χ1) is 33.6. The number of carbonyl (C=O) groups excluding carboxylic acids is 1. The minimum atomic E-state index is -0.0951. The third-order valence-corrected chi connectivity index (χ3v) is 14.3. The fourth-order valence-electron chi connectivity index (χ4n) is 11.2.